The van der Waals surface area contributed by atoms with Crippen LogP contribution in [0.25, 0.3) is 0 Å². The van der Waals surface area contributed by atoms with Crippen molar-refractivity contribution >= 4 is 11.8 Å². The van der Waals surface area contributed by atoms with Gasteiger partial charge in [-0.2, -0.15) is 0 Å². The summed E-state index contributed by atoms with van der Waals surface area (Å²) in [6.07, 6.45) is 6.32. The predicted molar refractivity (Wildman–Crippen MR) is 78.2 cm³/mol. The lowest BCUT2D eigenvalue weighted by Crippen LogP contribution is -2.51. The molecule has 3 heteroatoms. The minimum atomic E-state index is -0.196. The standard InChI is InChI=1S/C17H28O3/c1-16(2)10-5-11-17(3)12(6-9-15(19)20-4)13(18)7-8-14(16)17/h12,14H,5-11H2,1-4H3/t12-,14-,17+/m0/s1. The molecule has 0 N–H and O–H groups in total. The molecule has 0 amide bonds. The fraction of sp³-hybridized carbons (Fsp3) is 0.882. The molecule has 0 aromatic rings. The van der Waals surface area contributed by atoms with Crippen molar-refractivity contribution in [2.24, 2.45) is 22.7 Å². The summed E-state index contributed by atoms with van der Waals surface area (Å²) < 4.78 is 4.74. The van der Waals surface area contributed by atoms with Gasteiger partial charge < -0.3 is 4.74 Å². The largest absolute Gasteiger partial charge is 0.469 e. The van der Waals surface area contributed by atoms with Crippen LogP contribution in [0, 0.1) is 22.7 Å². The minimum Gasteiger partial charge on any atom is -0.469 e. The van der Waals surface area contributed by atoms with Crippen LogP contribution in [0.5, 0.6) is 0 Å². The van der Waals surface area contributed by atoms with E-state index in [4.69, 9.17) is 4.74 Å². The van der Waals surface area contributed by atoms with Gasteiger partial charge in [-0.15, -0.1) is 0 Å². The van der Waals surface area contributed by atoms with Gasteiger partial charge in [-0.3, -0.25) is 9.59 Å². The van der Waals surface area contributed by atoms with Crippen molar-refractivity contribution in [2.45, 2.75) is 65.7 Å². The second-order valence-electron chi connectivity index (χ2n) is 7.57. The zero-order chi connectivity index (χ0) is 15.0. The monoisotopic (exact) mass is 280 g/mol. The van der Waals surface area contributed by atoms with Crippen LogP contribution in [0.15, 0.2) is 0 Å². The number of ether oxygens (including phenoxy) is 1. The minimum absolute atomic E-state index is 0.0416. The maximum atomic E-state index is 12.4. The molecule has 20 heavy (non-hydrogen) atoms. The number of fused-ring (bicyclic) bond motifs is 1. The molecule has 3 nitrogen and oxygen atoms in total. The lowest BCUT2D eigenvalue weighted by molar-refractivity contribution is -0.147. The van der Waals surface area contributed by atoms with Crippen molar-refractivity contribution in [3.05, 3.63) is 0 Å². The SMILES string of the molecule is COC(=O)CC[C@H]1C(=O)CC[C@H]2C(C)(C)CCC[C@]12C. The molecule has 114 valence electrons. The molecule has 0 spiro atoms. The predicted octanol–water partition coefficient (Wildman–Crippen LogP) is 3.75. The van der Waals surface area contributed by atoms with Crippen LogP contribution < -0.4 is 0 Å². The highest BCUT2D eigenvalue weighted by molar-refractivity contribution is 5.83. The third-order valence-corrected chi connectivity index (χ3v) is 6.00. The van der Waals surface area contributed by atoms with Gasteiger partial charge in [0, 0.05) is 18.8 Å². The third-order valence-electron chi connectivity index (χ3n) is 6.00. The summed E-state index contributed by atoms with van der Waals surface area (Å²) in [5, 5.41) is 0. The van der Waals surface area contributed by atoms with Crippen LogP contribution in [0.4, 0.5) is 0 Å². The van der Waals surface area contributed by atoms with Crippen LogP contribution in [0.1, 0.15) is 65.7 Å². The molecule has 0 unspecified atom stereocenters. The second-order valence-corrected chi connectivity index (χ2v) is 7.57. The molecule has 0 radical (unpaired) electrons. The van der Waals surface area contributed by atoms with Crippen molar-refractivity contribution in [3.8, 4) is 0 Å². The number of methoxy groups -OCH3 is 1. The number of rotatable bonds is 3. The Morgan fingerprint density at radius 2 is 2.00 bits per heavy atom. The average molecular weight is 280 g/mol. The Hall–Kier alpha value is -0.860. The van der Waals surface area contributed by atoms with E-state index in [1.54, 1.807) is 0 Å². The molecule has 2 aliphatic carbocycles. The molecule has 0 aliphatic heterocycles. The highest BCUT2D eigenvalue weighted by Crippen LogP contribution is 2.59. The molecule has 2 saturated carbocycles. The Bertz CT molecular complexity index is 399. The molecule has 0 aromatic heterocycles. The van der Waals surface area contributed by atoms with Gasteiger partial charge in [0.05, 0.1) is 7.11 Å². The molecule has 0 saturated heterocycles. The number of carbonyl (C=O) groups excluding carboxylic acids is 2. The first kappa shape index (κ1) is 15.5. The van der Waals surface area contributed by atoms with Crippen molar-refractivity contribution in [3.63, 3.8) is 0 Å². The van der Waals surface area contributed by atoms with Gasteiger partial charge in [0.2, 0.25) is 0 Å². The van der Waals surface area contributed by atoms with Gasteiger partial charge in [0.15, 0.2) is 0 Å². The molecular weight excluding hydrogens is 252 g/mol. The van der Waals surface area contributed by atoms with Crippen LogP contribution in [-0.2, 0) is 14.3 Å². The topological polar surface area (TPSA) is 43.4 Å². The molecule has 0 bridgehead atoms. The summed E-state index contributed by atoms with van der Waals surface area (Å²) in [6.45, 7) is 6.99. The lowest BCUT2D eigenvalue weighted by Gasteiger charge is -2.56. The van der Waals surface area contributed by atoms with Crippen LogP contribution >= 0.6 is 0 Å². The first-order valence-corrected chi connectivity index (χ1v) is 7.91. The summed E-state index contributed by atoms with van der Waals surface area (Å²) in [5.74, 6) is 0.813. The van der Waals surface area contributed by atoms with Crippen LogP contribution in [-0.4, -0.2) is 18.9 Å². The molecule has 2 fully saturated rings. The van der Waals surface area contributed by atoms with Gasteiger partial charge in [-0.25, -0.2) is 0 Å². The van der Waals surface area contributed by atoms with E-state index in [-0.39, 0.29) is 17.3 Å². The quantitative estimate of drug-likeness (QED) is 0.739. The number of hydrogen-bond donors (Lipinski definition) is 0. The molecular formula is C17H28O3. The molecule has 3 atom stereocenters. The van der Waals surface area contributed by atoms with E-state index in [9.17, 15) is 9.59 Å². The molecule has 2 aliphatic rings. The Morgan fingerprint density at radius 3 is 2.65 bits per heavy atom. The first-order valence-electron chi connectivity index (χ1n) is 7.91. The van der Waals surface area contributed by atoms with Crippen molar-refractivity contribution in [1.82, 2.24) is 0 Å². The van der Waals surface area contributed by atoms with Crippen molar-refractivity contribution in [2.75, 3.05) is 7.11 Å². The maximum Gasteiger partial charge on any atom is 0.305 e. The summed E-state index contributed by atoms with van der Waals surface area (Å²) in [4.78, 5) is 23.8. The Labute approximate surface area is 122 Å². The number of ketones is 1. The summed E-state index contributed by atoms with van der Waals surface area (Å²) in [5.41, 5.74) is 0.391. The molecule has 0 aromatic carbocycles. The highest BCUT2D eigenvalue weighted by atomic mass is 16.5. The van der Waals surface area contributed by atoms with Crippen LogP contribution in [0.3, 0.4) is 0 Å². The lowest BCUT2D eigenvalue weighted by atomic mass is 9.47. The van der Waals surface area contributed by atoms with Crippen molar-refractivity contribution in [1.29, 1.82) is 0 Å². The summed E-state index contributed by atoms with van der Waals surface area (Å²) in [6, 6.07) is 0. The zero-order valence-electron chi connectivity index (χ0n) is 13.3. The van der Waals surface area contributed by atoms with Gasteiger partial charge in [0.25, 0.3) is 0 Å². The Balaban J connectivity index is 2.20. The fourth-order valence-electron chi connectivity index (χ4n) is 4.99. The maximum absolute atomic E-state index is 12.4. The number of hydrogen-bond acceptors (Lipinski definition) is 3. The van der Waals surface area contributed by atoms with E-state index < -0.39 is 0 Å². The van der Waals surface area contributed by atoms with E-state index in [1.807, 2.05) is 0 Å². The summed E-state index contributed by atoms with van der Waals surface area (Å²) in [7, 11) is 1.42. The third kappa shape index (κ3) is 2.64. The van der Waals surface area contributed by atoms with E-state index >= 15 is 0 Å². The van der Waals surface area contributed by atoms with Gasteiger partial charge in [0.1, 0.15) is 5.78 Å². The second kappa shape index (κ2) is 5.50. The average Bonchev–Trinajstić information content (AvgIpc) is 2.36. The number of carbonyl (C=O) groups is 2. The van der Waals surface area contributed by atoms with Gasteiger partial charge in [-0.05, 0) is 42.4 Å². The van der Waals surface area contributed by atoms with Crippen LogP contribution in [0.2, 0.25) is 0 Å². The highest BCUT2D eigenvalue weighted by Gasteiger charge is 2.54. The van der Waals surface area contributed by atoms with E-state index in [0.717, 1.165) is 12.8 Å². The normalized spacial score (nSPS) is 36.3. The smallest absolute Gasteiger partial charge is 0.305 e. The summed E-state index contributed by atoms with van der Waals surface area (Å²) >= 11 is 0. The number of Topliss-reactive ketones (excluding diaryl/α,β-unsaturated/α-hetero) is 1. The zero-order valence-corrected chi connectivity index (χ0v) is 13.3. The van der Waals surface area contributed by atoms with Crippen molar-refractivity contribution < 1.29 is 14.3 Å². The van der Waals surface area contributed by atoms with Gasteiger partial charge >= 0.3 is 5.97 Å². The molecule has 2 rings (SSSR count). The Morgan fingerprint density at radius 1 is 1.30 bits per heavy atom. The number of esters is 1. The van der Waals surface area contributed by atoms with E-state index in [2.05, 4.69) is 20.8 Å². The molecule has 0 heterocycles. The van der Waals surface area contributed by atoms with E-state index in [0.29, 0.717) is 36.4 Å². The first-order chi connectivity index (χ1) is 9.31. The fourth-order valence-corrected chi connectivity index (χ4v) is 4.99. The van der Waals surface area contributed by atoms with Gasteiger partial charge in [-0.1, -0.05) is 27.2 Å². The Kier molecular flexibility index (Phi) is 4.27. The van der Waals surface area contributed by atoms with E-state index in [1.165, 1.54) is 20.0 Å².